The van der Waals surface area contributed by atoms with Gasteiger partial charge in [-0.1, -0.05) is 11.2 Å². The summed E-state index contributed by atoms with van der Waals surface area (Å²) in [5.74, 6) is 0. The van der Waals surface area contributed by atoms with Gasteiger partial charge >= 0.3 is 0 Å². The van der Waals surface area contributed by atoms with Gasteiger partial charge in [-0.2, -0.15) is 0 Å². The van der Waals surface area contributed by atoms with Gasteiger partial charge in [-0.3, -0.25) is 4.98 Å². The summed E-state index contributed by atoms with van der Waals surface area (Å²) >= 11 is 1.57. The highest BCUT2D eigenvalue weighted by molar-refractivity contribution is 7.09. The number of hydrogen-bond donors (Lipinski definition) is 1. The van der Waals surface area contributed by atoms with Crippen LogP contribution in [0, 0.1) is 0 Å². The van der Waals surface area contributed by atoms with Crippen LogP contribution in [0.2, 0.25) is 0 Å². The van der Waals surface area contributed by atoms with E-state index in [1.807, 2.05) is 23.6 Å². The summed E-state index contributed by atoms with van der Waals surface area (Å²) in [5, 5.41) is 14.2. The Labute approximate surface area is 97.3 Å². The molecular formula is C11H11N3OS. The predicted octanol–water partition coefficient (Wildman–Crippen LogP) is 2.13. The standard InChI is InChI=1S/C11H11N3OS/c15-13-7-10-8-16-11(14-10)5-4-9-3-1-2-6-12-9/h1-3,6-8,15H,4-5H2/b13-7+. The van der Waals surface area contributed by atoms with E-state index >= 15 is 0 Å². The van der Waals surface area contributed by atoms with Gasteiger partial charge in [0.15, 0.2) is 0 Å². The summed E-state index contributed by atoms with van der Waals surface area (Å²) < 4.78 is 0. The maximum Gasteiger partial charge on any atom is 0.0958 e. The quantitative estimate of drug-likeness (QED) is 0.500. The van der Waals surface area contributed by atoms with Gasteiger partial charge in [0.05, 0.1) is 16.9 Å². The smallest absolute Gasteiger partial charge is 0.0958 e. The molecule has 0 saturated carbocycles. The largest absolute Gasteiger partial charge is 0.411 e. The van der Waals surface area contributed by atoms with Crippen molar-refractivity contribution in [1.82, 2.24) is 9.97 Å². The first-order chi connectivity index (χ1) is 7.88. The zero-order valence-electron chi connectivity index (χ0n) is 8.58. The summed E-state index contributed by atoms with van der Waals surface area (Å²) in [6, 6.07) is 5.89. The Kier molecular flexibility index (Phi) is 3.61. The van der Waals surface area contributed by atoms with Crippen molar-refractivity contribution in [1.29, 1.82) is 0 Å². The van der Waals surface area contributed by atoms with E-state index in [9.17, 15) is 0 Å². The first-order valence-electron chi connectivity index (χ1n) is 4.90. The molecule has 2 aromatic rings. The molecule has 16 heavy (non-hydrogen) atoms. The minimum atomic E-state index is 0.698. The number of hydrogen-bond acceptors (Lipinski definition) is 5. The third-order valence-corrected chi connectivity index (χ3v) is 3.01. The summed E-state index contributed by atoms with van der Waals surface area (Å²) in [5.41, 5.74) is 1.76. The molecular weight excluding hydrogens is 222 g/mol. The molecule has 0 unspecified atom stereocenters. The van der Waals surface area contributed by atoms with Crippen LogP contribution in [-0.4, -0.2) is 21.4 Å². The lowest BCUT2D eigenvalue weighted by Crippen LogP contribution is -1.93. The van der Waals surface area contributed by atoms with Crippen molar-refractivity contribution in [2.24, 2.45) is 5.16 Å². The van der Waals surface area contributed by atoms with Crippen molar-refractivity contribution in [2.45, 2.75) is 12.8 Å². The molecule has 0 radical (unpaired) electrons. The van der Waals surface area contributed by atoms with Crippen molar-refractivity contribution in [3.8, 4) is 0 Å². The van der Waals surface area contributed by atoms with E-state index in [1.54, 1.807) is 17.5 Å². The molecule has 1 N–H and O–H groups in total. The number of aryl methyl sites for hydroxylation is 2. The molecule has 2 aromatic heterocycles. The van der Waals surface area contributed by atoms with Crippen LogP contribution in [0.1, 0.15) is 16.4 Å². The van der Waals surface area contributed by atoms with Crippen LogP contribution in [0.15, 0.2) is 34.9 Å². The average molecular weight is 233 g/mol. The van der Waals surface area contributed by atoms with E-state index in [2.05, 4.69) is 15.1 Å². The maximum absolute atomic E-state index is 8.36. The van der Waals surface area contributed by atoms with Crippen LogP contribution in [0.3, 0.4) is 0 Å². The Bertz CT molecular complexity index is 467. The van der Waals surface area contributed by atoms with Crippen LogP contribution < -0.4 is 0 Å². The van der Waals surface area contributed by atoms with Gasteiger partial charge in [0.1, 0.15) is 0 Å². The van der Waals surface area contributed by atoms with Gasteiger partial charge in [0.2, 0.25) is 0 Å². The molecule has 0 amide bonds. The van der Waals surface area contributed by atoms with Gasteiger partial charge in [-0.15, -0.1) is 11.3 Å². The molecule has 0 spiro atoms. The zero-order valence-corrected chi connectivity index (χ0v) is 9.39. The Balaban J connectivity index is 1.94. The van der Waals surface area contributed by atoms with Gasteiger partial charge in [0, 0.05) is 23.7 Å². The Morgan fingerprint density at radius 3 is 3.06 bits per heavy atom. The summed E-state index contributed by atoms with van der Waals surface area (Å²) in [6.07, 6.45) is 4.87. The molecule has 0 aliphatic heterocycles. The maximum atomic E-state index is 8.36. The third kappa shape index (κ3) is 2.87. The van der Waals surface area contributed by atoms with Crippen molar-refractivity contribution in [3.63, 3.8) is 0 Å². The van der Waals surface area contributed by atoms with Crippen LogP contribution in [0.25, 0.3) is 0 Å². The second kappa shape index (κ2) is 5.37. The van der Waals surface area contributed by atoms with Crippen molar-refractivity contribution in [2.75, 3.05) is 0 Å². The highest BCUT2D eigenvalue weighted by Gasteiger charge is 2.01. The highest BCUT2D eigenvalue weighted by Crippen LogP contribution is 2.11. The van der Waals surface area contributed by atoms with Gasteiger partial charge in [-0.25, -0.2) is 4.98 Å². The molecule has 0 aromatic carbocycles. The molecule has 82 valence electrons. The molecule has 4 nitrogen and oxygen atoms in total. The Morgan fingerprint density at radius 2 is 2.31 bits per heavy atom. The average Bonchev–Trinajstić information content (AvgIpc) is 2.76. The monoisotopic (exact) mass is 233 g/mol. The Morgan fingerprint density at radius 1 is 1.38 bits per heavy atom. The first-order valence-corrected chi connectivity index (χ1v) is 5.78. The number of aromatic nitrogens is 2. The highest BCUT2D eigenvalue weighted by atomic mass is 32.1. The second-order valence-electron chi connectivity index (χ2n) is 3.23. The van der Waals surface area contributed by atoms with Crippen LogP contribution in [0.5, 0.6) is 0 Å². The van der Waals surface area contributed by atoms with Crippen LogP contribution >= 0.6 is 11.3 Å². The summed E-state index contributed by atoms with van der Waals surface area (Å²) in [7, 11) is 0. The molecule has 0 saturated heterocycles. The third-order valence-electron chi connectivity index (χ3n) is 2.08. The number of rotatable bonds is 4. The van der Waals surface area contributed by atoms with E-state index < -0.39 is 0 Å². The molecule has 0 atom stereocenters. The minimum absolute atomic E-state index is 0.698. The molecule has 2 heterocycles. The van der Waals surface area contributed by atoms with E-state index in [0.29, 0.717) is 5.69 Å². The number of oxime groups is 1. The molecule has 0 bridgehead atoms. The second-order valence-corrected chi connectivity index (χ2v) is 4.17. The van der Waals surface area contributed by atoms with E-state index in [4.69, 9.17) is 5.21 Å². The fraction of sp³-hybridized carbons (Fsp3) is 0.182. The fourth-order valence-electron chi connectivity index (χ4n) is 1.34. The zero-order chi connectivity index (χ0) is 11.2. The topological polar surface area (TPSA) is 58.4 Å². The lowest BCUT2D eigenvalue weighted by Gasteiger charge is -1.96. The normalized spacial score (nSPS) is 11.0. The number of thiazole rings is 1. The molecule has 2 rings (SSSR count). The Hall–Kier alpha value is -1.75. The molecule has 5 heteroatoms. The molecule has 0 aliphatic carbocycles. The van der Waals surface area contributed by atoms with Gasteiger partial charge in [-0.05, 0) is 18.6 Å². The fourth-order valence-corrected chi connectivity index (χ4v) is 2.09. The van der Waals surface area contributed by atoms with Crippen LogP contribution in [0.4, 0.5) is 0 Å². The summed E-state index contributed by atoms with van der Waals surface area (Å²) in [6.45, 7) is 0. The van der Waals surface area contributed by atoms with Crippen molar-refractivity contribution in [3.05, 3.63) is 46.2 Å². The molecule has 0 aliphatic rings. The van der Waals surface area contributed by atoms with Crippen molar-refractivity contribution < 1.29 is 5.21 Å². The van der Waals surface area contributed by atoms with Crippen molar-refractivity contribution >= 4 is 17.6 Å². The first kappa shape index (κ1) is 10.8. The number of pyridine rings is 1. The predicted molar refractivity (Wildman–Crippen MR) is 63.1 cm³/mol. The number of nitrogens with zero attached hydrogens (tertiary/aromatic N) is 3. The van der Waals surface area contributed by atoms with Gasteiger partial charge < -0.3 is 5.21 Å². The lowest BCUT2D eigenvalue weighted by molar-refractivity contribution is 0.321. The minimum Gasteiger partial charge on any atom is -0.411 e. The lowest BCUT2D eigenvalue weighted by atomic mass is 10.2. The molecule has 0 fully saturated rings. The SMILES string of the molecule is O/N=C/c1csc(CCc2ccccn2)n1. The van der Waals surface area contributed by atoms with Crippen LogP contribution in [-0.2, 0) is 12.8 Å². The summed E-state index contributed by atoms with van der Waals surface area (Å²) in [4.78, 5) is 8.54. The van der Waals surface area contributed by atoms with E-state index in [1.165, 1.54) is 6.21 Å². The van der Waals surface area contributed by atoms with Gasteiger partial charge in [0.25, 0.3) is 0 Å². The van der Waals surface area contributed by atoms with E-state index in [-0.39, 0.29) is 0 Å². The van der Waals surface area contributed by atoms with E-state index in [0.717, 1.165) is 23.5 Å².